The molecule has 0 aliphatic carbocycles. The average molecular weight is 605 g/mol. The Morgan fingerprint density at radius 2 is 0.889 bits per heavy atom. The second-order valence-electron chi connectivity index (χ2n) is 10.3. The van der Waals surface area contributed by atoms with Crippen molar-refractivity contribution in [2.45, 2.75) is 26.1 Å². The molecule has 45 heavy (non-hydrogen) atoms. The number of hydrogen-bond acceptors (Lipinski definition) is 8. The van der Waals surface area contributed by atoms with E-state index in [0.29, 0.717) is 29.5 Å². The van der Waals surface area contributed by atoms with E-state index in [1.165, 1.54) is 35.4 Å². The van der Waals surface area contributed by atoms with Crippen LogP contribution >= 0.6 is 0 Å². The molecule has 0 radical (unpaired) electrons. The highest BCUT2D eigenvalue weighted by Gasteiger charge is 2.07. The maximum atomic E-state index is 10.8. The molecule has 0 spiro atoms. The Labute approximate surface area is 260 Å². The largest absolute Gasteiger partial charge is 0.457 e. The molecule has 0 saturated carbocycles. The van der Waals surface area contributed by atoms with Crippen molar-refractivity contribution in [3.05, 3.63) is 164 Å². The monoisotopic (exact) mass is 604 g/mol. The number of nitrogens with zero attached hydrogens (tertiary/aromatic N) is 2. The van der Waals surface area contributed by atoms with E-state index in [1.54, 1.807) is 24.3 Å². The fourth-order valence-electron chi connectivity index (χ4n) is 4.67. The summed E-state index contributed by atoms with van der Waals surface area (Å²) in [5.41, 5.74) is 4.85. The summed E-state index contributed by atoms with van der Waals surface area (Å²) >= 11 is 0. The highest BCUT2D eigenvalue weighted by atomic mass is 16.6. The van der Waals surface area contributed by atoms with Crippen LogP contribution in [0.2, 0.25) is 0 Å². The van der Waals surface area contributed by atoms with Gasteiger partial charge in [-0.1, -0.05) is 48.5 Å². The van der Waals surface area contributed by atoms with Gasteiger partial charge in [-0.2, -0.15) is 0 Å². The van der Waals surface area contributed by atoms with E-state index in [2.05, 4.69) is 34.9 Å². The zero-order chi connectivity index (χ0) is 31.4. The molecular formula is C35H32N4O6. The number of hydrogen-bond donors (Lipinski definition) is 2. The van der Waals surface area contributed by atoms with Gasteiger partial charge >= 0.3 is 0 Å². The number of nitrogens with one attached hydrogen (secondary N) is 2. The maximum absolute atomic E-state index is 10.8. The second-order valence-corrected chi connectivity index (χ2v) is 10.3. The standard InChI is InChI=1S/C35H32N4O6/c40-38(41)30-9-17-34(18-10-30)44-32-13-5-26(6-14-32)23-36-22-21-28-3-1-2-4-29(28)25-37-24-27-7-15-33(16-8-27)45-35-19-11-31(12-20-35)39(42)43/h1-20,36-37H,21-25H2. The minimum Gasteiger partial charge on any atom is -0.457 e. The number of nitro groups is 2. The van der Waals surface area contributed by atoms with E-state index in [1.807, 2.05) is 48.5 Å². The first-order valence-electron chi connectivity index (χ1n) is 14.4. The van der Waals surface area contributed by atoms with Crippen molar-refractivity contribution in [2.75, 3.05) is 6.54 Å². The molecule has 0 heterocycles. The van der Waals surface area contributed by atoms with Crippen LogP contribution in [0.15, 0.2) is 121 Å². The summed E-state index contributed by atoms with van der Waals surface area (Å²) in [7, 11) is 0. The molecule has 0 unspecified atom stereocenters. The Bertz CT molecular complexity index is 1710. The van der Waals surface area contributed by atoms with Gasteiger partial charge < -0.3 is 20.1 Å². The molecule has 0 aliphatic heterocycles. The van der Waals surface area contributed by atoms with Gasteiger partial charge in [-0.15, -0.1) is 0 Å². The van der Waals surface area contributed by atoms with Gasteiger partial charge in [0, 0.05) is 43.9 Å². The normalized spacial score (nSPS) is 10.8. The highest BCUT2D eigenvalue weighted by molar-refractivity contribution is 5.40. The van der Waals surface area contributed by atoms with Gasteiger partial charge in [0.1, 0.15) is 23.0 Å². The number of ether oxygens (including phenoxy) is 2. The van der Waals surface area contributed by atoms with Gasteiger partial charge in [-0.25, -0.2) is 0 Å². The fourth-order valence-corrected chi connectivity index (χ4v) is 4.67. The minimum absolute atomic E-state index is 0.0272. The van der Waals surface area contributed by atoms with Crippen molar-refractivity contribution in [1.29, 1.82) is 0 Å². The van der Waals surface area contributed by atoms with Gasteiger partial charge in [0.15, 0.2) is 0 Å². The number of benzene rings is 5. The summed E-state index contributed by atoms with van der Waals surface area (Å²) in [6.45, 7) is 3.00. The van der Waals surface area contributed by atoms with E-state index in [0.717, 1.165) is 37.2 Å². The highest BCUT2D eigenvalue weighted by Crippen LogP contribution is 2.25. The molecule has 0 saturated heterocycles. The van der Waals surface area contributed by atoms with Crippen LogP contribution < -0.4 is 20.1 Å². The maximum Gasteiger partial charge on any atom is 0.269 e. The van der Waals surface area contributed by atoms with Crippen LogP contribution in [-0.2, 0) is 26.1 Å². The molecule has 228 valence electrons. The van der Waals surface area contributed by atoms with Gasteiger partial charge in [0.2, 0.25) is 0 Å². The third-order valence-corrected chi connectivity index (χ3v) is 7.08. The third-order valence-electron chi connectivity index (χ3n) is 7.08. The summed E-state index contributed by atoms with van der Waals surface area (Å²) in [5.74, 6) is 2.42. The summed E-state index contributed by atoms with van der Waals surface area (Å²) in [5, 5.41) is 28.7. The minimum atomic E-state index is -0.436. The van der Waals surface area contributed by atoms with Crippen molar-refractivity contribution in [2.24, 2.45) is 0 Å². The lowest BCUT2D eigenvalue weighted by atomic mass is 10.0. The second kappa shape index (κ2) is 15.2. The first-order valence-corrected chi connectivity index (χ1v) is 14.4. The predicted molar refractivity (Wildman–Crippen MR) is 172 cm³/mol. The summed E-state index contributed by atoms with van der Waals surface area (Å²) < 4.78 is 11.6. The summed E-state index contributed by atoms with van der Waals surface area (Å²) in [4.78, 5) is 20.8. The van der Waals surface area contributed by atoms with E-state index >= 15 is 0 Å². The molecule has 0 bridgehead atoms. The van der Waals surface area contributed by atoms with Crippen LogP contribution in [0.1, 0.15) is 22.3 Å². The smallest absolute Gasteiger partial charge is 0.269 e. The topological polar surface area (TPSA) is 129 Å². The lowest BCUT2D eigenvalue weighted by Gasteiger charge is -2.12. The van der Waals surface area contributed by atoms with Crippen molar-refractivity contribution in [3.8, 4) is 23.0 Å². The molecule has 5 aromatic carbocycles. The fraction of sp³-hybridized carbons (Fsp3) is 0.143. The Hall–Kier alpha value is -5.58. The Morgan fingerprint density at radius 3 is 1.33 bits per heavy atom. The van der Waals surface area contributed by atoms with Crippen LogP contribution in [0, 0.1) is 20.2 Å². The number of non-ortho nitro benzene ring substituents is 2. The van der Waals surface area contributed by atoms with Crippen LogP contribution in [-0.4, -0.2) is 16.4 Å². The molecule has 0 aromatic heterocycles. The van der Waals surface area contributed by atoms with Gasteiger partial charge in [-0.3, -0.25) is 20.2 Å². The Morgan fingerprint density at radius 1 is 0.489 bits per heavy atom. The average Bonchev–Trinajstić information content (AvgIpc) is 3.06. The predicted octanol–water partition coefficient (Wildman–Crippen LogP) is 7.71. The molecular weight excluding hydrogens is 572 g/mol. The lowest BCUT2D eigenvalue weighted by molar-refractivity contribution is -0.385. The van der Waals surface area contributed by atoms with Crippen molar-refractivity contribution in [3.63, 3.8) is 0 Å². The SMILES string of the molecule is O=[N+]([O-])c1ccc(Oc2ccc(CNCCc3ccccc3CNCc3ccc(Oc4ccc([N+](=O)[O-])cc4)cc3)cc2)cc1. The molecule has 10 heteroatoms. The first-order chi connectivity index (χ1) is 21.9. The van der Waals surface area contributed by atoms with E-state index < -0.39 is 9.85 Å². The van der Waals surface area contributed by atoms with Gasteiger partial charge in [0.05, 0.1) is 9.85 Å². The van der Waals surface area contributed by atoms with Gasteiger partial charge in [-0.05, 0) is 83.8 Å². The van der Waals surface area contributed by atoms with Crippen LogP contribution in [0.25, 0.3) is 0 Å². The molecule has 5 aromatic rings. The molecule has 0 fully saturated rings. The third kappa shape index (κ3) is 9.20. The molecule has 0 atom stereocenters. The van der Waals surface area contributed by atoms with Crippen molar-refractivity contribution < 1.29 is 19.3 Å². The van der Waals surface area contributed by atoms with Crippen LogP contribution in [0.5, 0.6) is 23.0 Å². The first kappa shape index (κ1) is 30.9. The summed E-state index contributed by atoms with van der Waals surface area (Å²) in [6.07, 6.45) is 0.897. The molecule has 0 amide bonds. The number of nitro benzene ring substituents is 2. The van der Waals surface area contributed by atoms with Crippen LogP contribution in [0.4, 0.5) is 11.4 Å². The lowest BCUT2D eigenvalue weighted by Crippen LogP contribution is -2.19. The van der Waals surface area contributed by atoms with Crippen LogP contribution in [0.3, 0.4) is 0 Å². The van der Waals surface area contributed by atoms with Crippen molar-refractivity contribution in [1.82, 2.24) is 10.6 Å². The molecule has 0 aliphatic rings. The quantitative estimate of drug-likeness (QED) is 0.0706. The Kier molecular flexibility index (Phi) is 10.5. The van der Waals surface area contributed by atoms with E-state index in [4.69, 9.17) is 9.47 Å². The van der Waals surface area contributed by atoms with E-state index in [9.17, 15) is 20.2 Å². The molecule has 2 N–H and O–H groups in total. The number of rotatable bonds is 15. The zero-order valence-electron chi connectivity index (χ0n) is 24.4. The van der Waals surface area contributed by atoms with Crippen molar-refractivity contribution >= 4 is 11.4 Å². The molecule has 10 nitrogen and oxygen atoms in total. The van der Waals surface area contributed by atoms with E-state index in [-0.39, 0.29) is 11.4 Å². The zero-order valence-corrected chi connectivity index (χ0v) is 24.4. The van der Waals surface area contributed by atoms with Gasteiger partial charge in [0.25, 0.3) is 11.4 Å². The molecule has 5 rings (SSSR count). The Balaban J connectivity index is 1.03. The summed E-state index contributed by atoms with van der Waals surface area (Å²) in [6, 6.07) is 36.0.